The molecule has 76 valence electrons. The first kappa shape index (κ1) is 10.7. The van der Waals surface area contributed by atoms with Crippen LogP contribution in [-0.2, 0) is 6.42 Å². The molecule has 1 N–H and O–H groups in total. The van der Waals surface area contributed by atoms with E-state index in [1.54, 1.807) is 0 Å². The Morgan fingerprint density at radius 3 is 2.71 bits per heavy atom. The molecule has 1 aromatic carbocycles. The maximum Gasteiger partial charge on any atom is 0.0791 e. The zero-order valence-corrected chi connectivity index (χ0v) is 10.8. The Morgan fingerprint density at radius 2 is 2.00 bits per heavy atom. The summed E-state index contributed by atoms with van der Waals surface area (Å²) in [7, 11) is 0. The molecule has 0 saturated carbocycles. The molecule has 0 saturated heterocycles. The second kappa shape index (κ2) is 4.33. The average molecular weight is 320 g/mol. The van der Waals surface area contributed by atoms with Crippen molar-refractivity contribution in [1.29, 1.82) is 0 Å². The summed E-state index contributed by atoms with van der Waals surface area (Å²) in [5.74, 6) is 0.167. The van der Waals surface area contributed by atoms with Crippen LogP contribution in [0.3, 0.4) is 0 Å². The molecule has 1 aromatic rings. The van der Waals surface area contributed by atoms with Crippen LogP contribution in [0.15, 0.2) is 24.3 Å². The molecule has 1 aliphatic rings. The molecule has 0 aliphatic heterocycles. The number of rotatable bonds is 1. The minimum absolute atomic E-state index is 0.145. The molecule has 0 amide bonds. The molecular weight excluding hydrogens is 308 g/mol. The Morgan fingerprint density at radius 1 is 1.29 bits per heavy atom. The molecule has 3 heteroatoms. The van der Waals surface area contributed by atoms with Crippen LogP contribution in [0.2, 0.25) is 0 Å². The van der Waals surface area contributed by atoms with Gasteiger partial charge < -0.3 is 5.11 Å². The molecule has 0 fully saturated rings. The molecule has 14 heavy (non-hydrogen) atoms. The van der Waals surface area contributed by atoms with E-state index in [4.69, 9.17) is 0 Å². The molecule has 0 heterocycles. The van der Waals surface area contributed by atoms with E-state index in [2.05, 4.69) is 50.1 Å². The van der Waals surface area contributed by atoms with Crippen molar-refractivity contribution in [3.63, 3.8) is 0 Å². The van der Waals surface area contributed by atoms with E-state index in [1.165, 1.54) is 11.1 Å². The summed E-state index contributed by atoms with van der Waals surface area (Å²) < 4.78 is 0.145. The summed E-state index contributed by atoms with van der Waals surface area (Å²) in [5.41, 5.74) is 2.64. The third-order valence-corrected chi connectivity index (χ3v) is 3.95. The summed E-state index contributed by atoms with van der Waals surface area (Å²) in [5, 5.41) is 9.93. The number of halogens is 2. The Kier molecular flexibility index (Phi) is 3.30. The van der Waals surface area contributed by atoms with E-state index in [1.807, 2.05) is 6.07 Å². The van der Waals surface area contributed by atoms with Gasteiger partial charge in [-0.1, -0.05) is 56.1 Å². The lowest BCUT2D eigenvalue weighted by atomic mass is 9.82. The van der Waals surface area contributed by atoms with Gasteiger partial charge in [0.25, 0.3) is 0 Å². The summed E-state index contributed by atoms with van der Waals surface area (Å²) in [6.07, 6.45) is 1.60. The zero-order valence-electron chi connectivity index (χ0n) is 7.66. The number of hydrogen-bond donors (Lipinski definition) is 1. The zero-order chi connectivity index (χ0) is 10.1. The first-order valence-corrected chi connectivity index (χ1v) is 6.57. The predicted octanol–water partition coefficient (Wildman–Crippen LogP) is 3.19. The van der Waals surface area contributed by atoms with Gasteiger partial charge in [0.15, 0.2) is 0 Å². The molecule has 1 nitrogen and oxygen atoms in total. The van der Waals surface area contributed by atoms with E-state index in [0.29, 0.717) is 0 Å². The van der Waals surface area contributed by atoms with Crippen molar-refractivity contribution in [2.45, 2.75) is 28.6 Å². The lowest BCUT2D eigenvalue weighted by Crippen LogP contribution is -2.28. The standard InChI is InChI=1S/C11H12Br2O/c12-11(13)10-8-4-2-1-3-7(8)5-6-9(10)14/h1-4,9-11,14H,5-6H2/t9-,10+/m1/s1. The highest BCUT2D eigenvalue weighted by atomic mass is 79.9. The lowest BCUT2D eigenvalue weighted by Gasteiger charge is -2.31. The Hall–Kier alpha value is 0.140. The SMILES string of the molecule is O[C@@H]1CCc2ccccc2[C@@H]1C(Br)Br. The fourth-order valence-electron chi connectivity index (χ4n) is 2.08. The summed E-state index contributed by atoms with van der Waals surface area (Å²) >= 11 is 7.01. The number of aliphatic hydroxyl groups excluding tert-OH is 1. The van der Waals surface area contributed by atoms with E-state index in [0.717, 1.165) is 12.8 Å². The molecule has 0 bridgehead atoms. The van der Waals surface area contributed by atoms with E-state index in [9.17, 15) is 5.11 Å². The first-order chi connectivity index (χ1) is 6.70. The highest BCUT2D eigenvalue weighted by Gasteiger charge is 2.31. The van der Waals surface area contributed by atoms with Crippen molar-refractivity contribution in [1.82, 2.24) is 0 Å². The molecule has 2 atom stereocenters. The highest BCUT2D eigenvalue weighted by molar-refractivity contribution is 9.24. The number of alkyl halides is 2. The van der Waals surface area contributed by atoms with E-state index < -0.39 is 0 Å². The minimum atomic E-state index is -0.242. The fourth-order valence-corrected chi connectivity index (χ4v) is 3.36. The van der Waals surface area contributed by atoms with Crippen molar-refractivity contribution < 1.29 is 5.11 Å². The first-order valence-electron chi connectivity index (χ1n) is 4.74. The van der Waals surface area contributed by atoms with E-state index >= 15 is 0 Å². The van der Waals surface area contributed by atoms with Crippen LogP contribution in [-0.4, -0.2) is 14.9 Å². The predicted molar refractivity (Wildman–Crippen MR) is 65.2 cm³/mol. The lowest BCUT2D eigenvalue weighted by molar-refractivity contribution is 0.132. The summed E-state index contributed by atoms with van der Waals surface area (Å²) in [6, 6.07) is 8.35. The summed E-state index contributed by atoms with van der Waals surface area (Å²) in [4.78, 5) is 0. The normalized spacial score (nSPS) is 26.3. The van der Waals surface area contributed by atoms with Gasteiger partial charge in [0.05, 0.1) is 9.84 Å². The number of benzene rings is 1. The third-order valence-electron chi connectivity index (χ3n) is 2.81. The fraction of sp³-hybridized carbons (Fsp3) is 0.455. The van der Waals surface area contributed by atoms with Gasteiger partial charge in [0.1, 0.15) is 0 Å². The number of fused-ring (bicyclic) bond motifs is 1. The third kappa shape index (κ3) is 1.90. The molecule has 1 aliphatic carbocycles. The van der Waals surface area contributed by atoms with Gasteiger partial charge in [-0.2, -0.15) is 0 Å². The van der Waals surface area contributed by atoms with Gasteiger partial charge in [-0.15, -0.1) is 0 Å². The molecule has 0 aromatic heterocycles. The van der Waals surface area contributed by atoms with Crippen molar-refractivity contribution >= 4 is 31.9 Å². The summed E-state index contributed by atoms with van der Waals surface area (Å²) in [6.45, 7) is 0. The van der Waals surface area contributed by atoms with Crippen LogP contribution < -0.4 is 0 Å². The Bertz CT molecular complexity index is 325. The Balaban J connectivity index is 2.41. The van der Waals surface area contributed by atoms with Crippen LogP contribution in [0.4, 0.5) is 0 Å². The van der Waals surface area contributed by atoms with Crippen molar-refractivity contribution in [3.05, 3.63) is 35.4 Å². The largest absolute Gasteiger partial charge is 0.392 e. The van der Waals surface area contributed by atoms with Crippen LogP contribution in [0.5, 0.6) is 0 Å². The maximum atomic E-state index is 9.93. The number of aryl methyl sites for hydroxylation is 1. The topological polar surface area (TPSA) is 20.2 Å². The van der Waals surface area contributed by atoms with Gasteiger partial charge in [0, 0.05) is 5.92 Å². The van der Waals surface area contributed by atoms with E-state index in [-0.39, 0.29) is 15.8 Å². The van der Waals surface area contributed by atoms with Crippen LogP contribution >= 0.6 is 31.9 Å². The van der Waals surface area contributed by atoms with Gasteiger partial charge in [-0.3, -0.25) is 0 Å². The van der Waals surface area contributed by atoms with Crippen molar-refractivity contribution in [2.24, 2.45) is 0 Å². The van der Waals surface area contributed by atoms with Gasteiger partial charge >= 0.3 is 0 Å². The van der Waals surface area contributed by atoms with Crippen molar-refractivity contribution in [3.8, 4) is 0 Å². The minimum Gasteiger partial charge on any atom is -0.392 e. The maximum absolute atomic E-state index is 9.93. The van der Waals surface area contributed by atoms with Crippen molar-refractivity contribution in [2.75, 3.05) is 0 Å². The second-order valence-electron chi connectivity index (χ2n) is 3.67. The average Bonchev–Trinajstić information content (AvgIpc) is 2.17. The number of hydrogen-bond acceptors (Lipinski definition) is 1. The number of aliphatic hydroxyl groups is 1. The second-order valence-corrected chi connectivity index (χ2v) is 6.87. The van der Waals surface area contributed by atoms with Crippen LogP contribution in [0.25, 0.3) is 0 Å². The molecule has 0 spiro atoms. The molecule has 0 radical (unpaired) electrons. The molecular formula is C11H12Br2O. The monoisotopic (exact) mass is 318 g/mol. The van der Waals surface area contributed by atoms with Gasteiger partial charge in [0.2, 0.25) is 0 Å². The van der Waals surface area contributed by atoms with Gasteiger partial charge in [-0.05, 0) is 24.0 Å². The molecule has 0 unspecified atom stereocenters. The Labute approximate surface area is 101 Å². The quantitative estimate of drug-likeness (QED) is 0.788. The van der Waals surface area contributed by atoms with Crippen LogP contribution in [0.1, 0.15) is 23.5 Å². The van der Waals surface area contributed by atoms with Gasteiger partial charge in [-0.25, -0.2) is 0 Å². The van der Waals surface area contributed by atoms with Crippen LogP contribution in [0, 0.1) is 0 Å². The smallest absolute Gasteiger partial charge is 0.0791 e. The highest BCUT2D eigenvalue weighted by Crippen LogP contribution is 2.39. The molecule has 2 rings (SSSR count).